The van der Waals surface area contributed by atoms with Crippen LogP contribution in [0.4, 0.5) is 0 Å². The first kappa shape index (κ1) is 9.05. The van der Waals surface area contributed by atoms with Crippen LogP contribution in [0.15, 0.2) is 0 Å². The van der Waals surface area contributed by atoms with Crippen LogP contribution < -0.4 is 0 Å². The minimum absolute atomic E-state index is 0.744. The zero-order valence-electron chi connectivity index (χ0n) is 8.30. The second kappa shape index (κ2) is 3.57. The second-order valence-corrected chi connectivity index (χ2v) is 4.19. The van der Waals surface area contributed by atoms with Crippen molar-refractivity contribution in [3.8, 4) is 0 Å². The fourth-order valence-electron chi connectivity index (χ4n) is 2.03. The lowest BCUT2D eigenvalue weighted by molar-refractivity contribution is 0.262. The van der Waals surface area contributed by atoms with E-state index in [-0.39, 0.29) is 0 Å². The van der Waals surface area contributed by atoms with Crippen molar-refractivity contribution in [3.63, 3.8) is 0 Å². The van der Waals surface area contributed by atoms with Crippen LogP contribution in [0.1, 0.15) is 34.1 Å². The Kier molecular flexibility index (Phi) is 2.94. The standard InChI is InChI=1S/C10H21N/c1-5-10-7-11(8(2)3)6-9(10)4/h8-10H,5-7H2,1-4H3. The van der Waals surface area contributed by atoms with Crippen molar-refractivity contribution >= 4 is 0 Å². The molecule has 0 aromatic carbocycles. The average molecular weight is 155 g/mol. The van der Waals surface area contributed by atoms with Gasteiger partial charge in [-0.25, -0.2) is 0 Å². The predicted octanol–water partition coefficient (Wildman–Crippen LogP) is 2.37. The van der Waals surface area contributed by atoms with Gasteiger partial charge < -0.3 is 4.90 Å². The maximum Gasteiger partial charge on any atom is 0.00388 e. The molecule has 1 nitrogen and oxygen atoms in total. The predicted molar refractivity (Wildman–Crippen MR) is 49.7 cm³/mol. The van der Waals surface area contributed by atoms with E-state index in [9.17, 15) is 0 Å². The summed E-state index contributed by atoms with van der Waals surface area (Å²) >= 11 is 0. The monoisotopic (exact) mass is 155 g/mol. The molecule has 2 atom stereocenters. The van der Waals surface area contributed by atoms with Crippen LogP contribution in [-0.2, 0) is 0 Å². The first-order valence-electron chi connectivity index (χ1n) is 4.89. The summed E-state index contributed by atoms with van der Waals surface area (Å²) in [4.78, 5) is 2.60. The third-order valence-corrected chi connectivity index (χ3v) is 3.05. The van der Waals surface area contributed by atoms with Crippen LogP contribution in [0.3, 0.4) is 0 Å². The molecule has 1 aliphatic rings. The average Bonchev–Trinajstić information content (AvgIpc) is 2.31. The molecule has 1 heterocycles. The number of nitrogens with zero attached hydrogens (tertiary/aromatic N) is 1. The van der Waals surface area contributed by atoms with Crippen molar-refractivity contribution in [3.05, 3.63) is 0 Å². The zero-order valence-corrected chi connectivity index (χ0v) is 8.30. The molecule has 1 aliphatic heterocycles. The van der Waals surface area contributed by atoms with Crippen LogP contribution in [0.2, 0.25) is 0 Å². The normalized spacial score (nSPS) is 33.5. The van der Waals surface area contributed by atoms with Gasteiger partial charge in [0.1, 0.15) is 0 Å². The van der Waals surface area contributed by atoms with Crippen molar-refractivity contribution < 1.29 is 0 Å². The highest BCUT2D eigenvalue weighted by molar-refractivity contribution is 4.81. The molecule has 0 N–H and O–H groups in total. The molecular formula is C10H21N. The van der Waals surface area contributed by atoms with E-state index >= 15 is 0 Å². The van der Waals surface area contributed by atoms with Crippen molar-refractivity contribution in [2.45, 2.75) is 40.2 Å². The maximum absolute atomic E-state index is 2.60. The largest absolute Gasteiger partial charge is 0.300 e. The Balaban J connectivity index is 2.43. The Bertz CT molecular complexity index is 120. The lowest BCUT2D eigenvalue weighted by Crippen LogP contribution is -2.28. The van der Waals surface area contributed by atoms with E-state index in [2.05, 4.69) is 32.6 Å². The molecule has 0 saturated carbocycles. The molecule has 66 valence electrons. The molecule has 0 aliphatic carbocycles. The number of likely N-dealkylation sites (tertiary alicyclic amines) is 1. The first-order chi connectivity index (χ1) is 5.15. The summed E-state index contributed by atoms with van der Waals surface area (Å²) < 4.78 is 0. The molecule has 0 aromatic heterocycles. The van der Waals surface area contributed by atoms with Crippen LogP contribution in [-0.4, -0.2) is 24.0 Å². The van der Waals surface area contributed by atoms with Gasteiger partial charge in [0.15, 0.2) is 0 Å². The summed E-state index contributed by atoms with van der Waals surface area (Å²) in [5.41, 5.74) is 0. The summed E-state index contributed by atoms with van der Waals surface area (Å²) in [6.07, 6.45) is 1.35. The topological polar surface area (TPSA) is 3.24 Å². The van der Waals surface area contributed by atoms with Gasteiger partial charge in [-0.15, -0.1) is 0 Å². The van der Waals surface area contributed by atoms with Gasteiger partial charge in [0.25, 0.3) is 0 Å². The highest BCUT2D eigenvalue weighted by Crippen LogP contribution is 2.26. The smallest absolute Gasteiger partial charge is 0.00388 e. The summed E-state index contributed by atoms with van der Waals surface area (Å²) in [6, 6.07) is 0.744. The number of hydrogen-bond donors (Lipinski definition) is 0. The molecule has 0 bridgehead atoms. The van der Waals surface area contributed by atoms with Crippen molar-refractivity contribution in [1.29, 1.82) is 0 Å². The van der Waals surface area contributed by atoms with E-state index in [1.165, 1.54) is 19.5 Å². The molecule has 11 heavy (non-hydrogen) atoms. The lowest BCUT2D eigenvalue weighted by Gasteiger charge is -2.19. The molecule has 0 amide bonds. The van der Waals surface area contributed by atoms with Gasteiger partial charge in [-0.3, -0.25) is 0 Å². The molecule has 1 saturated heterocycles. The van der Waals surface area contributed by atoms with E-state index < -0.39 is 0 Å². The minimum atomic E-state index is 0.744. The van der Waals surface area contributed by atoms with Crippen molar-refractivity contribution in [2.24, 2.45) is 11.8 Å². The summed E-state index contributed by atoms with van der Waals surface area (Å²) in [5, 5.41) is 0. The fraction of sp³-hybridized carbons (Fsp3) is 1.00. The highest BCUT2D eigenvalue weighted by atomic mass is 15.2. The fourth-order valence-corrected chi connectivity index (χ4v) is 2.03. The Morgan fingerprint density at radius 1 is 1.36 bits per heavy atom. The third kappa shape index (κ3) is 1.96. The van der Waals surface area contributed by atoms with E-state index in [4.69, 9.17) is 0 Å². The van der Waals surface area contributed by atoms with Gasteiger partial charge in [0.2, 0.25) is 0 Å². The summed E-state index contributed by atoms with van der Waals surface area (Å²) in [5.74, 6) is 1.87. The Labute approximate surface area is 70.8 Å². The first-order valence-corrected chi connectivity index (χ1v) is 4.89. The van der Waals surface area contributed by atoms with Gasteiger partial charge in [-0.2, -0.15) is 0 Å². The van der Waals surface area contributed by atoms with Crippen LogP contribution in [0, 0.1) is 11.8 Å². The Hall–Kier alpha value is -0.0400. The molecular weight excluding hydrogens is 134 g/mol. The van der Waals surface area contributed by atoms with Gasteiger partial charge in [-0.05, 0) is 25.7 Å². The van der Waals surface area contributed by atoms with E-state index in [1.807, 2.05) is 0 Å². The SMILES string of the molecule is CCC1CN(C(C)C)CC1C. The summed E-state index contributed by atoms with van der Waals surface area (Å²) in [6.45, 7) is 11.9. The van der Waals surface area contributed by atoms with E-state index in [0.29, 0.717) is 0 Å². The van der Waals surface area contributed by atoms with Crippen molar-refractivity contribution in [2.75, 3.05) is 13.1 Å². The quantitative estimate of drug-likeness (QED) is 0.592. The van der Waals surface area contributed by atoms with E-state index in [0.717, 1.165) is 17.9 Å². The highest BCUT2D eigenvalue weighted by Gasteiger charge is 2.28. The van der Waals surface area contributed by atoms with Gasteiger partial charge in [0.05, 0.1) is 0 Å². The van der Waals surface area contributed by atoms with Crippen molar-refractivity contribution in [1.82, 2.24) is 4.90 Å². The third-order valence-electron chi connectivity index (χ3n) is 3.05. The molecule has 0 spiro atoms. The second-order valence-electron chi connectivity index (χ2n) is 4.19. The van der Waals surface area contributed by atoms with Gasteiger partial charge >= 0.3 is 0 Å². The zero-order chi connectivity index (χ0) is 8.43. The maximum atomic E-state index is 2.60. The van der Waals surface area contributed by atoms with Gasteiger partial charge in [-0.1, -0.05) is 20.3 Å². The molecule has 1 fully saturated rings. The summed E-state index contributed by atoms with van der Waals surface area (Å²) in [7, 11) is 0. The van der Waals surface area contributed by atoms with Gasteiger partial charge in [0, 0.05) is 19.1 Å². The molecule has 1 rings (SSSR count). The Morgan fingerprint density at radius 2 is 2.00 bits per heavy atom. The number of rotatable bonds is 2. The Morgan fingerprint density at radius 3 is 2.27 bits per heavy atom. The minimum Gasteiger partial charge on any atom is -0.300 e. The number of hydrogen-bond acceptors (Lipinski definition) is 1. The molecule has 2 unspecified atom stereocenters. The molecule has 1 heteroatoms. The molecule has 0 aromatic rings. The van der Waals surface area contributed by atoms with Crippen LogP contribution in [0.25, 0.3) is 0 Å². The molecule has 0 radical (unpaired) electrons. The van der Waals surface area contributed by atoms with E-state index in [1.54, 1.807) is 0 Å². The van der Waals surface area contributed by atoms with Crippen LogP contribution >= 0.6 is 0 Å². The lowest BCUT2D eigenvalue weighted by atomic mass is 9.96. The van der Waals surface area contributed by atoms with Crippen LogP contribution in [0.5, 0.6) is 0 Å².